The largest absolute Gasteiger partial charge is 0.397 e. The summed E-state index contributed by atoms with van der Waals surface area (Å²) < 4.78 is 47.2. The van der Waals surface area contributed by atoms with Gasteiger partial charge in [0.15, 0.2) is 94.9 Å². The highest BCUT2D eigenvalue weighted by Crippen LogP contribution is 2.50. The van der Waals surface area contributed by atoms with E-state index in [1.807, 2.05) is 13.2 Å². The second-order valence-electron chi connectivity index (χ2n) is 41.6. The highest BCUT2D eigenvalue weighted by Gasteiger charge is 2.52. The maximum atomic E-state index is 10.7. The first kappa shape index (κ1) is 118. The van der Waals surface area contributed by atoms with Crippen molar-refractivity contribution < 1.29 is 89.7 Å². The lowest BCUT2D eigenvalue weighted by atomic mass is 10.1. The minimum atomic E-state index is -1.25. The first-order valence-corrected chi connectivity index (χ1v) is 70.6. The molecule has 6 aliphatic heterocycles. The molecule has 6 aliphatic rings. The number of thioether (sulfide) groups is 2. The molecule has 147 heavy (non-hydrogen) atoms. The number of halogens is 3. The monoisotopic (exact) mass is 2400 g/mol. The smallest absolute Gasteiger partial charge is 0.207 e. The Kier molecular flexibility index (Phi) is 38.7. The number of rotatable bonds is 27. The molecule has 0 amide bonds. The molecule has 0 aromatic carbocycles. The van der Waals surface area contributed by atoms with Gasteiger partial charge in [-0.1, -0.05) is 30.4 Å². The number of aliphatic hydroxyl groups is 12. The molecule has 0 saturated carbocycles. The summed E-state index contributed by atoms with van der Waals surface area (Å²) in [6, 6.07) is 10.0. The summed E-state index contributed by atoms with van der Waals surface area (Å²) in [7, 11) is 0. The molecule has 25 N–H and O–H groups in total. The molecule has 810 valence electrons. The molecule has 6 fully saturated rings. The van der Waals surface area contributed by atoms with E-state index in [0.29, 0.717) is 163 Å². The van der Waals surface area contributed by atoms with Gasteiger partial charge in [0, 0.05) is 59.8 Å². The molecule has 54 heteroatoms. The Bertz CT molecular complexity index is 6740. The third kappa shape index (κ3) is 27.6. The Morgan fingerprint density at radius 1 is 0.361 bits per heavy atom. The van der Waals surface area contributed by atoms with Gasteiger partial charge in [-0.3, -0.25) is 27.4 Å². The topological polar surface area (TPSA) is 641 Å². The fraction of sp³-hybridized carbons (Fsp3) is 0.548. The Hall–Kier alpha value is -5.98. The average molecular weight is 2410 g/mol. The zero-order chi connectivity index (χ0) is 108. The molecule has 0 aliphatic carbocycles. The molecule has 18 rings (SSSR count). The number of fused-ring (bicyclic) bond motifs is 6. The number of nitrogens with one attached hydrogen (secondary N) is 1. The lowest BCUT2D eigenvalue weighted by molar-refractivity contribution is -0.0400. The maximum absolute atomic E-state index is 10.7. The molecule has 42 nitrogen and oxygen atoms in total. The van der Waals surface area contributed by atoms with Crippen LogP contribution in [0.2, 0.25) is 5.28 Å². The summed E-state index contributed by atoms with van der Waals surface area (Å²) in [6.45, 7) is 20.3. The van der Waals surface area contributed by atoms with Gasteiger partial charge in [-0.15, -0.1) is 79.1 Å². The number of aromatic nitrogens is 18. The van der Waals surface area contributed by atoms with Crippen LogP contribution in [0.1, 0.15) is 82.8 Å². The van der Waals surface area contributed by atoms with Gasteiger partial charge in [-0.2, -0.15) is 0 Å². The molecular formula is C93H141BrClIN24O18P6S3. The summed E-state index contributed by atoms with van der Waals surface area (Å²) in [5, 5.41) is 127. The maximum Gasteiger partial charge on any atom is 0.207 e. The van der Waals surface area contributed by atoms with Crippen LogP contribution in [0.5, 0.6) is 0 Å². The van der Waals surface area contributed by atoms with Crippen LogP contribution in [0.4, 0.5) is 34.1 Å². The van der Waals surface area contributed by atoms with Crippen molar-refractivity contribution in [2.45, 2.75) is 203 Å². The Morgan fingerprint density at radius 3 is 0.925 bits per heavy atom. The van der Waals surface area contributed by atoms with Gasteiger partial charge in [-0.05, 0) is 244 Å². The standard InChI is InChI=1S/C17H27N4O3PS.C16H25N4O3PS.C15H22BrN4O3P.C15H22ClN4O3P.C15H22IN4O3P.C15H23N4O3PS/c1-5-26-17-20-12-10(18)6-8-19-15(12)21(17)16-14(23)13(22)11(24-16)7-9-25(2,3)4;1-24(2,3)8-6-10-12(21)13(22)15(23-10)20-14-11(19-16(20)25-4)9(17)5-7-18-14;3*1-24(2,3)7-5-9-11(21)12(22)14(23-9)20-13-10(19-15(20)16)8(17)4-6-18-13;1-23(2,3)7-5-9-11(20)12(21)14(22-9)19-13-10(18-15(19)24)8(16)4-6-17-13/h6,8,11,13-14,16,22-23H,2,5,7,9H2,1,3-4H3,(H2,18,19);5,7,10,12-13,15,21-22H,1,6,8H2,2-4H3,(H2,17,18);3*4,6,9,11-12,14,21-22H,1,5,7H2,2-3H3,(H2,17,18);4,6,9,11-12,14,20-21H,1,5,7H2,2-3H3,(H2,16,17)(H,18,24)/t11-,13-,14-,16?;10-,12-,13-,15?;4*9-,11-,12-,14?/m111111/s1. The Labute approximate surface area is 894 Å². The fourth-order valence-electron chi connectivity index (χ4n) is 17.7. The van der Waals surface area contributed by atoms with Crippen LogP contribution in [0, 0.1) is 8.60 Å². The number of H-pyrrole nitrogens is 1. The van der Waals surface area contributed by atoms with Crippen LogP contribution in [-0.4, -0.2) is 425 Å². The van der Waals surface area contributed by atoms with Crippen LogP contribution in [0.15, 0.2) is 88.6 Å². The van der Waals surface area contributed by atoms with E-state index in [1.54, 1.807) is 90.2 Å². The van der Waals surface area contributed by atoms with Gasteiger partial charge in [0.25, 0.3) is 0 Å². The normalized spacial score (nSPS) is 27.5. The highest BCUT2D eigenvalue weighted by atomic mass is 127. The number of imidazole rings is 6. The van der Waals surface area contributed by atoms with Crippen molar-refractivity contribution >= 4 is 266 Å². The zero-order valence-electron chi connectivity index (χ0n) is 84.6. The van der Waals surface area contributed by atoms with Crippen molar-refractivity contribution in [3.63, 3.8) is 0 Å². The summed E-state index contributed by atoms with van der Waals surface area (Å²) in [6.07, 6.45) is 26.1. The van der Waals surface area contributed by atoms with Gasteiger partial charge >= 0.3 is 0 Å². The number of aliphatic hydroxyl groups excluding tert-OH is 12. The molecule has 0 bridgehead atoms. The lowest BCUT2D eigenvalue weighted by Crippen LogP contribution is -2.32. The average Bonchev–Trinajstić information content (AvgIpc) is 1.67. The predicted octanol–water partition coefficient (Wildman–Crippen LogP) is 8.91. The van der Waals surface area contributed by atoms with Gasteiger partial charge in [-0.25, -0.2) is 54.8 Å². The number of ether oxygens (including phenoxy) is 6. The molecule has 18 heterocycles. The molecule has 12 aromatic rings. The number of nitrogens with zero attached hydrogens (tertiary/aromatic N) is 17. The van der Waals surface area contributed by atoms with Crippen molar-refractivity contribution in [1.82, 2.24) is 87.2 Å². The van der Waals surface area contributed by atoms with E-state index in [0.717, 1.165) is 42.7 Å². The second kappa shape index (κ2) is 48.2. The van der Waals surface area contributed by atoms with Crippen molar-refractivity contribution in [2.24, 2.45) is 0 Å². The summed E-state index contributed by atoms with van der Waals surface area (Å²) in [5.41, 5.74) is 45.1. The minimum absolute atomic E-state index is 0.109. The van der Waals surface area contributed by atoms with E-state index in [4.69, 9.17) is 86.6 Å². The van der Waals surface area contributed by atoms with Crippen LogP contribution in [-0.2, 0) is 28.4 Å². The summed E-state index contributed by atoms with van der Waals surface area (Å²) >= 11 is 19.9. The van der Waals surface area contributed by atoms with E-state index in [9.17, 15) is 61.3 Å². The first-order valence-electron chi connectivity index (χ1n) is 47.4. The van der Waals surface area contributed by atoms with Crippen molar-refractivity contribution in [3.8, 4) is 0 Å². The first-order chi connectivity index (χ1) is 68.7. The van der Waals surface area contributed by atoms with Gasteiger partial charge in [0.05, 0.1) is 70.7 Å². The summed E-state index contributed by atoms with van der Waals surface area (Å²) in [5.74, 6) is 0.804. The Morgan fingerprint density at radius 2 is 0.605 bits per heavy atom. The third-order valence-electron chi connectivity index (χ3n) is 25.6. The molecule has 6 unspecified atom stereocenters. The molecule has 24 atom stereocenters. The number of aromatic amines is 1. The molecule has 0 radical (unpaired) electrons. The number of hydrogen-bond donors (Lipinski definition) is 19. The lowest BCUT2D eigenvalue weighted by Gasteiger charge is -2.19. The van der Waals surface area contributed by atoms with Crippen LogP contribution in [0.3, 0.4) is 0 Å². The molecule has 6 saturated heterocycles. The SMILES string of the molecule is C=P(C)(C)CC[C@H]1OC(n2c(=S)[nH]c3c(N)ccnc32)[C@H](O)[C@@H]1O.C=P(C)(C)CC[C@H]1OC(n2c(Br)nc3c(N)ccnc32)[C@H](O)[C@@H]1O.C=P(C)(C)CC[C@H]1OC(n2c(Cl)nc3c(N)ccnc32)[C@H](O)[C@@H]1O.C=P(C)(C)CC[C@H]1OC(n2c(I)nc3c(N)ccnc32)[C@H](O)[C@@H]1O.C=P(C)(C)CC[C@H]1OC(n2c(SC)nc3c(N)ccnc32)[C@H](O)[C@@H]1O.C=P(C)(C)CC[C@H]1OC(n2c(SCC)nc3c(N)ccnc32)[C@H](O)[C@@H]1O. The number of nitrogens with two attached hydrogens (primary N) is 6. The number of nitrogen functional groups attached to an aromatic ring is 6. The van der Waals surface area contributed by atoms with E-state index in [-0.39, 0.29) is 5.28 Å². The highest BCUT2D eigenvalue weighted by molar-refractivity contribution is 14.1. The zero-order valence-corrected chi connectivity index (χ0v) is 97.0. The quantitative estimate of drug-likeness (QED) is 0.00988. The summed E-state index contributed by atoms with van der Waals surface area (Å²) in [4.78, 5) is 50.9. The number of pyridine rings is 6. The van der Waals surface area contributed by atoms with Crippen LogP contribution < -0.4 is 34.4 Å². The fourth-order valence-corrected chi connectivity index (χ4v) is 26.5. The van der Waals surface area contributed by atoms with Crippen molar-refractivity contribution in [1.29, 1.82) is 0 Å². The molecule has 12 aromatic heterocycles. The van der Waals surface area contributed by atoms with E-state index in [2.05, 4.69) is 216 Å². The number of anilines is 6. The Balaban J connectivity index is 0.000000147. The van der Waals surface area contributed by atoms with Crippen molar-refractivity contribution in [2.75, 3.05) is 163 Å². The molecular weight excluding hydrogens is 2270 g/mol. The van der Waals surface area contributed by atoms with Crippen LogP contribution >= 0.6 is 127 Å². The van der Waals surface area contributed by atoms with E-state index in [1.165, 1.54) is 34.3 Å². The van der Waals surface area contributed by atoms with Crippen LogP contribution in [0.25, 0.3) is 67.0 Å². The second-order valence-corrected chi connectivity index (χ2v) is 72.0. The van der Waals surface area contributed by atoms with Gasteiger partial charge < -0.3 is 129 Å². The van der Waals surface area contributed by atoms with Gasteiger partial charge in [0.1, 0.15) is 106 Å². The molecule has 0 spiro atoms. The van der Waals surface area contributed by atoms with E-state index < -0.39 is 189 Å². The third-order valence-corrected chi connectivity index (χ3v) is 37.8. The van der Waals surface area contributed by atoms with E-state index >= 15 is 0 Å². The minimum Gasteiger partial charge on any atom is -0.397 e. The number of hydrogen-bond acceptors (Lipinski definition) is 38. The van der Waals surface area contributed by atoms with Gasteiger partial charge in [0.2, 0.25) is 5.28 Å². The predicted molar refractivity (Wildman–Crippen MR) is 620 cm³/mol. The van der Waals surface area contributed by atoms with Crippen molar-refractivity contribution in [3.05, 3.63) is 92.2 Å².